The van der Waals surface area contributed by atoms with Crippen LogP contribution in [0.15, 0.2) is 24.3 Å². The number of carbonyl (C=O) groups excluding carboxylic acids is 2. The Kier molecular flexibility index (Phi) is 8.17. The molecule has 1 aliphatic heterocycles. The maximum atomic E-state index is 13.0. The number of carbonyl (C=O) groups is 2. The molecule has 1 heterocycles. The molecule has 34 heavy (non-hydrogen) atoms. The molecule has 0 aliphatic carbocycles. The smallest absolute Gasteiger partial charge is 0.307 e. The van der Waals surface area contributed by atoms with Gasteiger partial charge in [0.25, 0.3) is 0 Å². The van der Waals surface area contributed by atoms with E-state index in [4.69, 9.17) is 28.4 Å². The number of alkyl halides is 1. The van der Waals surface area contributed by atoms with Gasteiger partial charge >= 0.3 is 5.97 Å². The second-order valence-corrected chi connectivity index (χ2v) is 9.41. The zero-order valence-corrected chi connectivity index (χ0v) is 22.3. The van der Waals surface area contributed by atoms with Crippen LogP contribution in [0.4, 0.5) is 0 Å². The molecule has 3 rings (SSSR count). The van der Waals surface area contributed by atoms with Gasteiger partial charge in [0.15, 0.2) is 28.8 Å². The minimum absolute atomic E-state index is 0.0168. The molecule has 0 N–H and O–H groups in total. The quantitative estimate of drug-likeness (QED) is 0.178. The molecule has 0 saturated carbocycles. The van der Waals surface area contributed by atoms with Crippen LogP contribution in [0.1, 0.15) is 54.6 Å². The molecule has 2 aromatic rings. The molecule has 184 valence electrons. The molecule has 0 saturated heterocycles. The van der Waals surface area contributed by atoms with Gasteiger partial charge in [-0.3, -0.25) is 9.59 Å². The van der Waals surface area contributed by atoms with Crippen LogP contribution in [0.2, 0.25) is 0 Å². The minimum atomic E-state index is -0.660. The van der Waals surface area contributed by atoms with Crippen molar-refractivity contribution >= 4 is 34.3 Å². The summed E-state index contributed by atoms with van der Waals surface area (Å²) < 4.78 is 33.5. The predicted molar refractivity (Wildman–Crippen MR) is 134 cm³/mol. The Morgan fingerprint density at radius 3 is 2.06 bits per heavy atom. The highest BCUT2D eigenvalue weighted by molar-refractivity contribution is 14.1. The zero-order chi connectivity index (χ0) is 25.0. The van der Waals surface area contributed by atoms with E-state index in [1.54, 1.807) is 24.3 Å². The van der Waals surface area contributed by atoms with Gasteiger partial charge in [-0.05, 0) is 56.2 Å². The van der Waals surface area contributed by atoms with Crippen LogP contribution < -0.4 is 23.7 Å². The molecule has 0 aromatic heterocycles. The summed E-state index contributed by atoms with van der Waals surface area (Å²) in [6.45, 7) is 5.50. The van der Waals surface area contributed by atoms with Gasteiger partial charge in [-0.25, -0.2) is 0 Å². The number of halogens is 1. The highest BCUT2D eigenvalue weighted by Crippen LogP contribution is 2.45. The fourth-order valence-electron chi connectivity index (χ4n) is 3.82. The van der Waals surface area contributed by atoms with E-state index in [0.29, 0.717) is 45.4 Å². The summed E-state index contributed by atoms with van der Waals surface area (Å²) in [5.74, 6) is 1.27. The maximum absolute atomic E-state index is 13.0. The van der Waals surface area contributed by atoms with Crippen molar-refractivity contribution in [1.29, 1.82) is 0 Å². The highest BCUT2D eigenvalue weighted by Gasteiger charge is 2.30. The van der Waals surface area contributed by atoms with Crippen LogP contribution in [0.25, 0.3) is 0 Å². The van der Waals surface area contributed by atoms with Crippen LogP contribution in [0.5, 0.6) is 28.7 Å². The van der Waals surface area contributed by atoms with Crippen LogP contribution in [0.3, 0.4) is 0 Å². The van der Waals surface area contributed by atoms with Crippen molar-refractivity contribution in [3.05, 3.63) is 41.0 Å². The molecule has 0 amide bonds. The lowest BCUT2D eigenvalue weighted by Crippen LogP contribution is -2.25. The van der Waals surface area contributed by atoms with E-state index in [1.807, 2.05) is 43.4 Å². The second kappa shape index (κ2) is 10.7. The predicted octanol–water partition coefficient (Wildman–Crippen LogP) is 4.92. The van der Waals surface area contributed by atoms with Crippen molar-refractivity contribution in [3.63, 3.8) is 0 Å². The largest absolute Gasteiger partial charge is 0.493 e. The van der Waals surface area contributed by atoms with Crippen molar-refractivity contribution < 1.29 is 38.0 Å². The Balaban J connectivity index is 2.22. The molecule has 0 unspecified atom stereocenters. The molecule has 1 atom stereocenters. The Morgan fingerprint density at radius 2 is 1.56 bits per heavy atom. The van der Waals surface area contributed by atoms with Crippen molar-refractivity contribution in [2.24, 2.45) is 0 Å². The van der Waals surface area contributed by atoms with E-state index in [0.717, 1.165) is 0 Å². The number of hydrogen-bond acceptors (Lipinski definition) is 8. The molecule has 9 heteroatoms. The van der Waals surface area contributed by atoms with Gasteiger partial charge in [-0.15, -0.1) is 0 Å². The first-order valence-electron chi connectivity index (χ1n) is 10.7. The third-order valence-corrected chi connectivity index (χ3v) is 5.91. The first-order valence-corrected chi connectivity index (χ1v) is 12.2. The number of fused-ring (bicyclic) bond motifs is 1. The Labute approximate surface area is 212 Å². The maximum Gasteiger partial charge on any atom is 0.307 e. The summed E-state index contributed by atoms with van der Waals surface area (Å²) in [4.78, 5) is 25.9. The number of hydrogen-bond donors (Lipinski definition) is 0. The first kappa shape index (κ1) is 25.9. The standard InChI is InChI=1S/C25H29IO8/c1-25(2,3)34-23(28)11-15(14-7-21(29-4)24(31-6)22(8-14)30-5)16-9-19-20(33-13-32-19)10-17(16)18(27)12-26/h7-10,15H,11-13H2,1-6H3/t15-/m1/s1. The third kappa shape index (κ3) is 5.68. The number of rotatable bonds is 9. The molecule has 0 bridgehead atoms. The van der Waals surface area contributed by atoms with E-state index in [-0.39, 0.29) is 23.4 Å². The Bertz CT molecular complexity index is 1050. The number of benzene rings is 2. The monoisotopic (exact) mass is 584 g/mol. The van der Waals surface area contributed by atoms with Gasteiger partial charge in [-0.2, -0.15) is 0 Å². The molecule has 0 spiro atoms. The number of esters is 1. The van der Waals surface area contributed by atoms with E-state index in [2.05, 4.69) is 0 Å². The summed E-state index contributed by atoms with van der Waals surface area (Å²) in [5.41, 5.74) is 1.13. The number of ether oxygens (including phenoxy) is 6. The summed E-state index contributed by atoms with van der Waals surface area (Å²) in [7, 11) is 4.57. The normalized spacial score (nSPS) is 13.3. The first-order chi connectivity index (χ1) is 16.1. The zero-order valence-electron chi connectivity index (χ0n) is 20.2. The van der Waals surface area contributed by atoms with Crippen LogP contribution in [-0.2, 0) is 9.53 Å². The molecule has 0 radical (unpaired) electrons. The third-order valence-electron chi connectivity index (χ3n) is 5.22. The average molecular weight is 584 g/mol. The highest BCUT2D eigenvalue weighted by atomic mass is 127. The summed E-state index contributed by atoms with van der Waals surface area (Å²) in [6.07, 6.45) is -0.0168. The molecule has 1 aliphatic rings. The Hall–Kier alpha value is -2.69. The van der Waals surface area contributed by atoms with Crippen LogP contribution in [-0.4, -0.2) is 49.9 Å². The van der Waals surface area contributed by atoms with Crippen molar-refractivity contribution in [3.8, 4) is 28.7 Å². The van der Waals surface area contributed by atoms with Gasteiger partial charge in [-0.1, -0.05) is 22.6 Å². The van der Waals surface area contributed by atoms with Gasteiger partial charge in [0, 0.05) is 11.5 Å². The van der Waals surface area contributed by atoms with Gasteiger partial charge in [0.2, 0.25) is 12.5 Å². The van der Waals surface area contributed by atoms with Crippen molar-refractivity contribution in [2.45, 2.75) is 38.7 Å². The second-order valence-electron chi connectivity index (χ2n) is 8.65. The number of methoxy groups -OCH3 is 3. The lowest BCUT2D eigenvalue weighted by molar-refractivity contribution is -0.155. The summed E-state index contributed by atoms with van der Waals surface area (Å²) in [5, 5.41) is 0. The van der Waals surface area contributed by atoms with Gasteiger partial charge in [0.1, 0.15) is 5.60 Å². The molecule has 8 nitrogen and oxygen atoms in total. The van der Waals surface area contributed by atoms with Crippen LogP contribution >= 0.6 is 22.6 Å². The van der Waals surface area contributed by atoms with E-state index in [9.17, 15) is 9.59 Å². The number of ketones is 1. The Morgan fingerprint density at radius 1 is 0.971 bits per heavy atom. The number of Topliss-reactive ketones (excluding diaryl/α,β-unsaturated/α-hetero) is 1. The fraction of sp³-hybridized carbons (Fsp3) is 0.440. The van der Waals surface area contributed by atoms with Gasteiger partial charge < -0.3 is 28.4 Å². The van der Waals surface area contributed by atoms with E-state index < -0.39 is 17.5 Å². The van der Waals surface area contributed by atoms with E-state index >= 15 is 0 Å². The summed E-state index contributed by atoms with van der Waals surface area (Å²) >= 11 is 2.03. The lowest BCUT2D eigenvalue weighted by Gasteiger charge is -2.25. The average Bonchev–Trinajstić information content (AvgIpc) is 3.26. The molecular formula is C25H29IO8. The molecule has 0 fully saturated rings. The SMILES string of the molecule is COc1cc([C@@H](CC(=O)OC(C)(C)C)c2cc3c(cc2C(=O)CI)OCO3)cc(OC)c1OC. The summed E-state index contributed by atoms with van der Waals surface area (Å²) in [6, 6.07) is 7.00. The fourth-order valence-corrected chi connectivity index (χ4v) is 4.23. The van der Waals surface area contributed by atoms with Crippen LogP contribution in [0, 0.1) is 0 Å². The van der Waals surface area contributed by atoms with Crippen molar-refractivity contribution in [2.75, 3.05) is 32.5 Å². The lowest BCUT2D eigenvalue weighted by atomic mass is 9.84. The molecule has 2 aromatic carbocycles. The van der Waals surface area contributed by atoms with E-state index in [1.165, 1.54) is 21.3 Å². The minimum Gasteiger partial charge on any atom is -0.493 e. The molecular weight excluding hydrogens is 555 g/mol. The van der Waals surface area contributed by atoms with Crippen molar-refractivity contribution in [1.82, 2.24) is 0 Å². The van der Waals surface area contributed by atoms with Gasteiger partial charge in [0.05, 0.1) is 32.2 Å². The topological polar surface area (TPSA) is 89.5 Å².